The first-order chi connectivity index (χ1) is 8.20. The molecule has 0 saturated carbocycles. The Labute approximate surface area is 103 Å². The number of aldehydes is 1. The predicted octanol–water partition coefficient (Wildman–Crippen LogP) is 1.13. The molecule has 1 amide bonds. The highest BCUT2D eigenvalue weighted by Crippen LogP contribution is 2.31. The highest BCUT2D eigenvalue weighted by atomic mass is 31.2. The average Bonchev–Trinajstić information content (AvgIpc) is 2.31. The van der Waals surface area contributed by atoms with Crippen molar-refractivity contribution >= 4 is 20.8 Å². The molecule has 0 bridgehead atoms. The van der Waals surface area contributed by atoms with Gasteiger partial charge < -0.3 is 24.1 Å². The summed E-state index contributed by atoms with van der Waals surface area (Å²) in [5, 5.41) is 2.65. The molecule has 2 N–H and O–H groups in total. The summed E-state index contributed by atoms with van der Waals surface area (Å²) >= 11 is 0. The van der Waals surface area contributed by atoms with Crippen LogP contribution in [0.25, 0.3) is 0 Å². The van der Waals surface area contributed by atoms with Crippen molar-refractivity contribution in [1.29, 1.82) is 0 Å². The van der Waals surface area contributed by atoms with Crippen molar-refractivity contribution in [2.75, 3.05) is 19.8 Å². The number of carbonyl (C=O) groups is 2. The molecular weight excluding hydrogens is 245 g/mol. The summed E-state index contributed by atoms with van der Waals surface area (Å²) in [4.78, 5) is 30.3. The summed E-state index contributed by atoms with van der Waals surface area (Å²) < 4.78 is 9.71. The molecule has 1 unspecified atom stereocenters. The second-order valence-corrected chi connectivity index (χ2v) is 4.24. The predicted molar refractivity (Wildman–Crippen MR) is 64.3 cm³/mol. The molecule has 0 aliphatic heterocycles. The van der Waals surface area contributed by atoms with E-state index in [9.17, 15) is 9.59 Å². The summed E-state index contributed by atoms with van der Waals surface area (Å²) in [6.07, 6.45) is 3.20. The van der Waals surface area contributed by atoms with Crippen molar-refractivity contribution in [2.24, 2.45) is 0 Å². The van der Waals surface area contributed by atoms with Crippen molar-refractivity contribution in [3.63, 3.8) is 0 Å². The van der Waals surface area contributed by atoms with E-state index in [1.807, 2.05) is 0 Å². The van der Waals surface area contributed by atoms with Gasteiger partial charge in [0.05, 0.1) is 13.2 Å². The summed E-state index contributed by atoms with van der Waals surface area (Å²) in [6.45, 7) is 2.72. The molecule has 17 heavy (non-hydrogen) atoms. The highest BCUT2D eigenvalue weighted by Gasteiger charge is 2.05. The lowest BCUT2D eigenvalue weighted by molar-refractivity contribution is -0.121. The van der Waals surface area contributed by atoms with E-state index < -0.39 is 8.60 Å². The van der Waals surface area contributed by atoms with Crippen LogP contribution in [-0.4, -0.2) is 36.8 Å². The molecule has 0 rings (SSSR count). The van der Waals surface area contributed by atoms with Gasteiger partial charge in [0.25, 0.3) is 0 Å². The second-order valence-electron chi connectivity index (χ2n) is 3.25. The number of unbranched alkanes of at least 4 members (excludes halogenated alkanes) is 2. The molecule has 6 nitrogen and oxygen atoms in total. The van der Waals surface area contributed by atoms with Crippen LogP contribution in [0.1, 0.15) is 32.6 Å². The summed E-state index contributed by atoms with van der Waals surface area (Å²) in [7, 11) is -1.82. The van der Waals surface area contributed by atoms with E-state index in [0.29, 0.717) is 32.4 Å². The molecule has 0 heterocycles. The number of amides is 1. The normalized spacial score (nSPS) is 12.1. The monoisotopic (exact) mass is 265 g/mol. The van der Waals surface area contributed by atoms with E-state index >= 15 is 0 Å². The third kappa shape index (κ3) is 11.7. The minimum absolute atomic E-state index is 0.0711. The Kier molecular flexibility index (Phi) is 11.5. The fraction of sp³-hybridized carbons (Fsp3) is 0.800. The van der Waals surface area contributed by atoms with Gasteiger partial charge in [0.2, 0.25) is 5.91 Å². The Morgan fingerprint density at radius 2 is 2.18 bits per heavy atom. The molecule has 7 heteroatoms. The molecule has 0 aliphatic carbocycles. The van der Waals surface area contributed by atoms with Crippen LogP contribution in [0, 0.1) is 0 Å². The van der Waals surface area contributed by atoms with Gasteiger partial charge in [0.15, 0.2) is 0 Å². The van der Waals surface area contributed by atoms with Crippen LogP contribution in [0.2, 0.25) is 0 Å². The zero-order chi connectivity index (χ0) is 12.9. The van der Waals surface area contributed by atoms with E-state index in [1.54, 1.807) is 6.92 Å². The molecule has 0 saturated heterocycles. The van der Waals surface area contributed by atoms with Gasteiger partial charge in [-0.2, -0.15) is 0 Å². The van der Waals surface area contributed by atoms with E-state index in [1.165, 1.54) is 0 Å². The fourth-order valence-electron chi connectivity index (χ4n) is 1.06. The maximum Gasteiger partial charge on any atom is 0.329 e. The van der Waals surface area contributed by atoms with Crippen molar-refractivity contribution < 1.29 is 23.5 Å². The van der Waals surface area contributed by atoms with Crippen molar-refractivity contribution in [1.82, 2.24) is 5.32 Å². The molecule has 0 spiro atoms. The van der Waals surface area contributed by atoms with Gasteiger partial charge in [-0.1, -0.05) is 0 Å². The molecule has 0 aromatic rings. The first kappa shape index (κ1) is 16.4. The maximum absolute atomic E-state index is 11.2. The lowest BCUT2D eigenvalue weighted by atomic mass is 10.2. The SMILES string of the molecule is CCOP(O)OCCNC(=O)CCCCC=O. The van der Waals surface area contributed by atoms with Crippen LogP contribution in [0.15, 0.2) is 0 Å². The topological polar surface area (TPSA) is 84.9 Å². The number of rotatable bonds is 11. The van der Waals surface area contributed by atoms with Gasteiger partial charge in [-0.05, 0) is 19.8 Å². The summed E-state index contributed by atoms with van der Waals surface area (Å²) in [6, 6.07) is 0. The summed E-state index contributed by atoms with van der Waals surface area (Å²) in [5.41, 5.74) is 0. The Hall–Kier alpha value is -0.550. The maximum atomic E-state index is 11.2. The van der Waals surface area contributed by atoms with Gasteiger partial charge in [-0.3, -0.25) is 4.79 Å². The van der Waals surface area contributed by atoms with E-state index in [-0.39, 0.29) is 12.5 Å². The highest BCUT2D eigenvalue weighted by molar-refractivity contribution is 7.40. The van der Waals surface area contributed by atoms with Gasteiger partial charge in [0, 0.05) is 19.4 Å². The van der Waals surface area contributed by atoms with Crippen LogP contribution in [0.4, 0.5) is 0 Å². The zero-order valence-electron chi connectivity index (χ0n) is 10.1. The van der Waals surface area contributed by atoms with Crippen molar-refractivity contribution in [2.45, 2.75) is 32.6 Å². The molecule has 0 radical (unpaired) electrons. The molecular formula is C10H20NO5P. The average molecular weight is 265 g/mol. The van der Waals surface area contributed by atoms with Gasteiger partial charge in [0.1, 0.15) is 6.29 Å². The minimum atomic E-state index is -1.82. The second kappa shape index (κ2) is 11.9. The van der Waals surface area contributed by atoms with Crippen LogP contribution in [-0.2, 0) is 18.6 Å². The zero-order valence-corrected chi connectivity index (χ0v) is 10.9. The minimum Gasteiger partial charge on any atom is -0.354 e. The Morgan fingerprint density at radius 3 is 2.82 bits per heavy atom. The van der Waals surface area contributed by atoms with E-state index in [4.69, 9.17) is 13.9 Å². The Morgan fingerprint density at radius 1 is 1.41 bits per heavy atom. The van der Waals surface area contributed by atoms with Crippen LogP contribution in [0.5, 0.6) is 0 Å². The smallest absolute Gasteiger partial charge is 0.329 e. The summed E-state index contributed by atoms with van der Waals surface area (Å²) in [5.74, 6) is -0.0711. The first-order valence-electron chi connectivity index (χ1n) is 5.65. The lowest BCUT2D eigenvalue weighted by Gasteiger charge is -2.09. The fourth-order valence-corrected chi connectivity index (χ4v) is 1.61. The number of carbonyl (C=O) groups excluding carboxylic acids is 2. The molecule has 0 aromatic heterocycles. The number of nitrogens with one attached hydrogen (secondary N) is 1. The number of hydrogen-bond donors (Lipinski definition) is 2. The number of hydrogen-bond acceptors (Lipinski definition) is 5. The third-order valence-corrected chi connectivity index (χ3v) is 2.72. The quantitative estimate of drug-likeness (QED) is 0.332. The van der Waals surface area contributed by atoms with Gasteiger partial charge in [-0.25, -0.2) is 0 Å². The van der Waals surface area contributed by atoms with E-state index in [2.05, 4.69) is 5.32 Å². The Bertz CT molecular complexity index is 215. The van der Waals surface area contributed by atoms with Crippen LogP contribution < -0.4 is 5.32 Å². The van der Waals surface area contributed by atoms with E-state index in [0.717, 1.165) is 12.7 Å². The first-order valence-corrected chi connectivity index (χ1v) is 6.79. The largest absolute Gasteiger partial charge is 0.354 e. The molecule has 0 fully saturated rings. The van der Waals surface area contributed by atoms with Crippen molar-refractivity contribution in [3.8, 4) is 0 Å². The van der Waals surface area contributed by atoms with Crippen LogP contribution >= 0.6 is 8.60 Å². The Balaban J connectivity index is 3.29. The lowest BCUT2D eigenvalue weighted by Crippen LogP contribution is -2.26. The molecule has 0 aliphatic rings. The van der Waals surface area contributed by atoms with Crippen LogP contribution in [0.3, 0.4) is 0 Å². The molecule has 0 aromatic carbocycles. The van der Waals surface area contributed by atoms with Gasteiger partial charge >= 0.3 is 8.60 Å². The molecule has 1 atom stereocenters. The molecule has 100 valence electrons. The third-order valence-electron chi connectivity index (χ3n) is 1.84. The standard InChI is InChI=1S/C10H20NO5P/c1-2-15-17(14)16-9-7-11-10(13)6-4-3-5-8-12/h8,14H,2-7,9H2,1H3,(H,11,13). The van der Waals surface area contributed by atoms with Crippen molar-refractivity contribution in [3.05, 3.63) is 0 Å². The van der Waals surface area contributed by atoms with Gasteiger partial charge in [-0.15, -0.1) is 0 Å².